The van der Waals surface area contributed by atoms with Gasteiger partial charge in [-0.1, -0.05) is 28.1 Å². The summed E-state index contributed by atoms with van der Waals surface area (Å²) in [5, 5.41) is 50.9. The summed E-state index contributed by atoms with van der Waals surface area (Å²) >= 11 is 3.02. The molecule has 0 radical (unpaired) electrons. The van der Waals surface area contributed by atoms with Crippen LogP contribution in [0.2, 0.25) is 0 Å². The molecule has 0 bridgehead atoms. The third kappa shape index (κ3) is 39.6. The highest BCUT2D eigenvalue weighted by Crippen LogP contribution is 2.12. The lowest BCUT2D eigenvalue weighted by molar-refractivity contribution is -0.144. The SMILES string of the molecule is CC(=O)COCCOCCNC(=O)CCCS(=O)(=O)NC(=O)CCCc1nn[nH]n1.CC[C@@H](CCC(=O)NC(CCC(=O)CCCOCCOCC(=O)N[C@@H](CCCCNC(=O)CBr)C(=O)O)C(=O)O)C(=O)O. The molecule has 9 N–H and O–H groups in total. The number of nitrogens with zero attached hydrogens (tertiary/aromatic N) is 3. The van der Waals surface area contributed by atoms with Crippen LogP contribution in [-0.4, -0.2) is 192 Å². The molecule has 28 nitrogen and oxygen atoms in total. The van der Waals surface area contributed by atoms with Gasteiger partial charge in [-0.3, -0.25) is 43.1 Å². The van der Waals surface area contributed by atoms with E-state index in [-0.39, 0.29) is 145 Å². The number of sulfonamides is 1. The summed E-state index contributed by atoms with van der Waals surface area (Å²) in [6, 6.07) is -2.33. The Morgan fingerprint density at radius 1 is 0.616 bits per heavy atom. The summed E-state index contributed by atoms with van der Waals surface area (Å²) in [4.78, 5) is 115. The summed E-state index contributed by atoms with van der Waals surface area (Å²) in [7, 11) is -3.80. The number of aliphatic carboxylic acids is 3. The maximum absolute atomic E-state index is 12.1. The van der Waals surface area contributed by atoms with Gasteiger partial charge < -0.3 is 55.5 Å². The van der Waals surface area contributed by atoms with E-state index in [2.05, 4.69) is 57.8 Å². The molecule has 30 heteroatoms. The second kappa shape index (κ2) is 41.9. The molecule has 73 heavy (non-hydrogen) atoms. The first-order valence-corrected chi connectivity index (χ1v) is 26.4. The van der Waals surface area contributed by atoms with Gasteiger partial charge in [0, 0.05) is 58.2 Å². The lowest BCUT2D eigenvalue weighted by atomic mass is 10.00. The van der Waals surface area contributed by atoms with Crippen LogP contribution in [0.25, 0.3) is 0 Å². The average molecular weight is 1130 g/mol. The fourth-order valence-corrected chi connectivity index (χ4v) is 7.21. The predicted molar refractivity (Wildman–Crippen MR) is 259 cm³/mol. The first kappa shape index (κ1) is 67.4. The Bertz CT molecular complexity index is 1950. The van der Waals surface area contributed by atoms with E-state index in [9.17, 15) is 66.6 Å². The molecule has 0 saturated carbocycles. The highest BCUT2D eigenvalue weighted by atomic mass is 79.9. The molecule has 0 fully saturated rings. The van der Waals surface area contributed by atoms with Crippen LogP contribution >= 0.6 is 15.9 Å². The maximum atomic E-state index is 12.1. The second-order valence-electron chi connectivity index (χ2n) is 16.1. The van der Waals surface area contributed by atoms with E-state index in [0.717, 1.165) is 0 Å². The van der Waals surface area contributed by atoms with Crippen molar-refractivity contribution in [3.05, 3.63) is 5.82 Å². The van der Waals surface area contributed by atoms with Gasteiger partial charge in [0.05, 0.1) is 50.0 Å². The Kier molecular flexibility index (Phi) is 38.7. The van der Waals surface area contributed by atoms with Crippen molar-refractivity contribution in [2.75, 3.05) is 77.0 Å². The van der Waals surface area contributed by atoms with Crippen LogP contribution in [0.4, 0.5) is 0 Å². The first-order valence-electron chi connectivity index (χ1n) is 23.6. The summed E-state index contributed by atoms with van der Waals surface area (Å²) < 4.78 is 46.5. The van der Waals surface area contributed by atoms with Crippen LogP contribution in [0.1, 0.15) is 110 Å². The largest absolute Gasteiger partial charge is 0.481 e. The highest BCUT2D eigenvalue weighted by molar-refractivity contribution is 9.09. The zero-order valence-electron chi connectivity index (χ0n) is 41.3. The molecule has 5 amide bonds. The predicted octanol–water partition coefficient (Wildman–Crippen LogP) is -0.653. The van der Waals surface area contributed by atoms with E-state index >= 15 is 0 Å². The lowest BCUT2D eigenvalue weighted by Crippen LogP contribution is -2.42. The summed E-state index contributed by atoms with van der Waals surface area (Å²) in [6.07, 6.45) is 2.81. The minimum absolute atomic E-state index is 0.00798. The van der Waals surface area contributed by atoms with E-state index in [1.165, 1.54) is 6.92 Å². The fourth-order valence-electron chi connectivity index (χ4n) is 5.94. The topological polar surface area (TPSA) is 417 Å². The average Bonchev–Trinajstić information content (AvgIpc) is 3.84. The molecule has 3 atom stereocenters. The van der Waals surface area contributed by atoms with E-state index in [1.54, 1.807) is 6.92 Å². The van der Waals surface area contributed by atoms with E-state index in [0.29, 0.717) is 57.5 Å². The van der Waals surface area contributed by atoms with E-state index in [4.69, 9.17) is 24.1 Å². The number of rotatable bonds is 44. The van der Waals surface area contributed by atoms with Gasteiger partial charge in [-0.05, 0) is 64.7 Å². The Labute approximate surface area is 431 Å². The number of halogens is 1. The molecule has 0 saturated heterocycles. The lowest BCUT2D eigenvalue weighted by Gasteiger charge is -2.15. The molecule has 0 aliphatic rings. The molecular weight excluding hydrogens is 1060 g/mol. The number of Topliss-reactive ketones (excluding diaryl/α,β-unsaturated/α-hetero) is 2. The van der Waals surface area contributed by atoms with Crippen molar-refractivity contribution >= 4 is 85.0 Å². The minimum Gasteiger partial charge on any atom is -0.481 e. The fraction of sp³-hybridized carbons (Fsp3) is 0.744. The van der Waals surface area contributed by atoms with Crippen molar-refractivity contribution in [2.45, 2.75) is 122 Å². The molecule has 0 spiro atoms. The van der Waals surface area contributed by atoms with Gasteiger partial charge in [0.15, 0.2) is 11.6 Å². The standard InChI is InChI=1S/C27H44BrN3O12.C16H28N6O7S/c1-2-18(25(36)37)8-11-22(33)30-21(27(40)41)10-9-19(32)6-5-13-42-14-15-43-17-24(35)31-20(26(38)39)7-3-4-12-29-23(34)16-28;1-13(23)12-29-10-9-28-8-7-17-15(24)6-3-11-30(26,27)20-16(25)5-2-4-14-18-21-22-19-14/h18,20-21H,2-17H2,1H3,(H,29,34)(H,30,33)(H,31,35)(H,36,37)(H,38,39)(H,40,41);2-12H2,1H3,(H,17,24)(H,20,25)(H,18,19,21,22)/t18-,20-,21?;/m0./s1. The smallest absolute Gasteiger partial charge is 0.326 e. The molecule has 0 aliphatic heterocycles. The molecule has 416 valence electrons. The number of carbonyl (C=O) groups is 10. The number of aryl methyl sites for hydroxylation is 1. The highest BCUT2D eigenvalue weighted by Gasteiger charge is 2.23. The second-order valence-corrected chi connectivity index (χ2v) is 18.5. The number of carboxylic acid groups (broad SMARTS) is 3. The summed E-state index contributed by atoms with van der Waals surface area (Å²) in [5.74, 6) is -6.58. The Morgan fingerprint density at radius 3 is 1.85 bits per heavy atom. The number of carbonyl (C=O) groups excluding carboxylic acids is 7. The number of hydrogen-bond donors (Lipinski definition) is 9. The van der Waals surface area contributed by atoms with Gasteiger partial charge in [0.1, 0.15) is 31.1 Å². The van der Waals surface area contributed by atoms with Gasteiger partial charge in [-0.15, -0.1) is 10.2 Å². The number of amides is 5. The Balaban J connectivity index is 0.00000151. The van der Waals surface area contributed by atoms with Gasteiger partial charge in [-0.2, -0.15) is 5.21 Å². The number of ketones is 2. The number of nitrogens with one attached hydrogen (secondary N) is 6. The van der Waals surface area contributed by atoms with Crippen molar-refractivity contribution < 1.29 is 90.6 Å². The Morgan fingerprint density at radius 2 is 1.23 bits per heavy atom. The van der Waals surface area contributed by atoms with Crippen LogP contribution in [0.5, 0.6) is 0 Å². The molecule has 1 aromatic rings. The minimum atomic E-state index is -3.80. The van der Waals surface area contributed by atoms with Crippen LogP contribution < -0.4 is 26.0 Å². The zero-order valence-corrected chi connectivity index (χ0v) is 43.7. The number of ether oxygens (including phenoxy) is 4. The van der Waals surface area contributed by atoms with Gasteiger partial charge in [0.25, 0.3) is 0 Å². The normalized spacial score (nSPS) is 12.2. The third-order valence-corrected chi connectivity index (χ3v) is 11.7. The molecular formula is C43H72BrN9O19S. The monoisotopic (exact) mass is 1130 g/mol. The van der Waals surface area contributed by atoms with Crippen molar-refractivity contribution in [3.8, 4) is 0 Å². The van der Waals surface area contributed by atoms with Crippen molar-refractivity contribution in [2.24, 2.45) is 5.92 Å². The molecule has 1 heterocycles. The molecule has 1 unspecified atom stereocenters. The number of carboxylic acids is 3. The van der Waals surface area contributed by atoms with Crippen molar-refractivity contribution in [1.29, 1.82) is 0 Å². The number of tetrazole rings is 1. The summed E-state index contributed by atoms with van der Waals surface area (Å²) in [5.41, 5.74) is 0. The first-order chi connectivity index (χ1) is 34.7. The molecule has 1 aromatic heterocycles. The van der Waals surface area contributed by atoms with Crippen LogP contribution in [0.15, 0.2) is 0 Å². The molecule has 0 aromatic carbocycles. The van der Waals surface area contributed by atoms with Crippen LogP contribution in [0.3, 0.4) is 0 Å². The maximum Gasteiger partial charge on any atom is 0.326 e. The quantitative estimate of drug-likeness (QED) is 0.0289. The van der Waals surface area contributed by atoms with Crippen LogP contribution in [0, 0.1) is 5.92 Å². The van der Waals surface area contributed by atoms with Crippen molar-refractivity contribution in [3.63, 3.8) is 0 Å². The number of aromatic amines is 1. The van der Waals surface area contributed by atoms with Gasteiger partial charge >= 0.3 is 17.9 Å². The van der Waals surface area contributed by atoms with Gasteiger partial charge in [0.2, 0.25) is 39.6 Å². The van der Waals surface area contributed by atoms with E-state index < -0.39 is 63.7 Å². The Hall–Kier alpha value is -5.56. The zero-order chi connectivity index (χ0) is 54.9. The third-order valence-electron chi connectivity index (χ3n) is 9.78. The number of unbranched alkanes of at least 4 members (excludes halogenated alkanes) is 1. The van der Waals surface area contributed by atoms with Crippen molar-refractivity contribution in [1.82, 2.24) is 46.6 Å². The number of hydrogen-bond acceptors (Lipinski definition) is 19. The van der Waals surface area contributed by atoms with Crippen LogP contribution in [-0.2, 0) is 83.3 Å². The molecule has 0 aliphatic carbocycles. The summed E-state index contributed by atoms with van der Waals surface area (Å²) in [6.45, 7) is 4.77. The number of H-pyrrole nitrogens is 1. The van der Waals surface area contributed by atoms with Gasteiger partial charge in [-0.25, -0.2) is 18.0 Å². The number of alkyl halides is 1. The van der Waals surface area contributed by atoms with E-state index in [1.807, 2.05) is 4.72 Å². The molecule has 1 rings (SSSR count). The number of aromatic nitrogens is 4.